The van der Waals surface area contributed by atoms with E-state index in [2.05, 4.69) is 33.5 Å². The first-order valence-corrected chi connectivity index (χ1v) is 12.8. The fraction of sp³-hybridized carbons (Fsp3) is 0.286. The Labute approximate surface area is 214 Å². The maximum Gasteiger partial charge on any atom is 0.226 e. The van der Waals surface area contributed by atoms with E-state index in [4.69, 9.17) is 10.00 Å². The van der Waals surface area contributed by atoms with Crippen LogP contribution in [-0.4, -0.2) is 41.0 Å². The number of hydrogen-bond donors (Lipinski definition) is 1. The molecule has 0 unspecified atom stereocenters. The van der Waals surface area contributed by atoms with Crippen molar-refractivity contribution in [3.8, 4) is 6.07 Å². The number of nitrogens with one attached hydrogen (secondary N) is 1. The number of aromatic nitrogens is 2. The van der Waals surface area contributed by atoms with E-state index in [-0.39, 0.29) is 5.91 Å². The van der Waals surface area contributed by atoms with Crippen molar-refractivity contribution in [2.75, 3.05) is 25.5 Å². The molecule has 2 aromatic heterocycles. The number of anilines is 2. The van der Waals surface area contributed by atoms with Crippen molar-refractivity contribution >= 4 is 38.4 Å². The normalized spacial score (nSPS) is 16.2. The summed E-state index contributed by atoms with van der Waals surface area (Å²) < 4.78 is 6.24. The van der Waals surface area contributed by atoms with Gasteiger partial charge in [0.2, 0.25) is 5.91 Å². The van der Waals surface area contributed by atoms with Gasteiger partial charge in [-0.3, -0.25) is 4.79 Å². The Morgan fingerprint density at radius 2 is 2.11 bits per heavy atom. The van der Waals surface area contributed by atoms with Crippen LogP contribution in [0.3, 0.4) is 0 Å². The van der Waals surface area contributed by atoms with Crippen LogP contribution < -0.4 is 5.32 Å². The fourth-order valence-electron chi connectivity index (χ4n) is 4.61. The average molecular weight is 498 g/mol. The third-order valence-electron chi connectivity index (χ3n) is 6.62. The first kappa shape index (κ1) is 23.8. The summed E-state index contributed by atoms with van der Waals surface area (Å²) in [4.78, 5) is 24.0. The number of piperidine rings is 1. The topological polar surface area (TPSA) is 91.1 Å². The van der Waals surface area contributed by atoms with Gasteiger partial charge in [-0.2, -0.15) is 5.26 Å². The molecule has 7 nitrogen and oxygen atoms in total. The number of likely N-dealkylation sites (tertiary alicyclic amines) is 1. The van der Waals surface area contributed by atoms with Gasteiger partial charge < -0.3 is 15.0 Å². The molecular weight excluding hydrogens is 470 g/mol. The second kappa shape index (κ2) is 10.8. The minimum atomic E-state index is 0.190. The van der Waals surface area contributed by atoms with Crippen molar-refractivity contribution in [2.45, 2.75) is 31.6 Å². The summed E-state index contributed by atoms with van der Waals surface area (Å²) in [6.45, 7) is 1.52. The number of nitriles is 1. The minimum Gasteiger partial charge on any atom is -0.497 e. The second-order valence-corrected chi connectivity index (χ2v) is 9.98. The third-order valence-corrected chi connectivity index (χ3v) is 7.55. The summed E-state index contributed by atoms with van der Waals surface area (Å²) in [6.07, 6.45) is 12.8. The number of hydrogen-bond acceptors (Lipinski definition) is 7. The van der Waals surface area contributed by atoms with E-state index in [0.29, 0.717) is 17.9 Å². The fourth-order valence-corrected chi connectivity index (χ4v) is 5.52. The number of amides is 1. The standard InChI is InChI=1S/C28H27N5O2S/c1-35-23-4-2-3-19(5-7-23)16-27(34)33-13-10-21(11-14-33)22-9-12-30-26(17-22)32-28-31-24-8-6-20(18-29)15-25(24)36-28/h2,4-9,12,15,17,21H,3,10-11,13-14,16H2,1H3,(H,30,31,32). The molecule has 0 atom stereocenters. The molecular formula is C28H27N5O2S. The number of fused-ring (bicyclic) bond motifs is 1. The molecule has 36 heavy (non-hydrogen) atoms. The Balaban J connectivity index is 1.19. The molecule has 182 valence electrons. The van der Waals surface area contributed by atoms with Gasteiger partial charge in [-0.1, -0.05) is 29.1 Å². The van der Waals surface area contributed by atoms with Crippen LogP contribution >= 0.6 is 11.3 Å². The quantitative estimate of drug-likeness (QED) is 0.461. The number of benzene rings is 1. The van der Waals surface area contributed by atoms with E-state index in [1.165, 1.54) is 16.9 Å². The van der Waals surface area contributed by atoms with Crippen LogP contribution in [0.15, 0.2) is 72.2 Å². The molecule has 3 heterocycles. The zero-order valence-electron chi connectivity index (χ0n) is 20.1. The number of allylic oxidation sites excluding steroid dienone is 4. The molecule has 1 N–H and O–H groups in total. The predicted octanol–water partition coefficient (Wildman–Crippen LogP) is 5.82. The molecule has 1 aliphatic carbocycles. The van der Waals surface area contributed by atoms with Crippen molar-refractivity contribution in [1.82, 2.24) is 14.9 Å². The van der Waals surface area contributed by atoms with Crippen LogP contribution in [0.1, 0.15) is 42.7 Å². The van der Waals surface area contributed by atoms with E-state index in [1.807, 2.05) is 47.5 Å². The molecule has 1 saturated heterocycles. The van der Waals surface area contributed by atoms with Crippen LogP contribution in [0.5, 0.6) is 0 Å². The van der Waals surface area contributed by atoms with Crippen molar-refractivity contribution in [2.24, 2.45) is 0 Å². The monoisotopic (exact) mass is 497 g/mol. The lowest BCUT2D eigenvalue weighted by molar-refractivity contribution is -0.131. The predicted molar refractivity (Wildman–Crippen MR) is 142 cm³/mol. The maximum atomic E-state index is 12.9. The summed E-state index contributed by atoms with van der Waals surface area (Å²) >= 11 is 1.51. The Bertz CT molecular complexity index is 1410. The van der Waals surface area contributed by atoms with E-state index >= 15 is 0 Å². The van der Waals surface area contributed by atoms with E-state index in [1.54, 1.807) is 13.2 Å². The molecule has 1 aliphatic heterocycles. The van der Waals surface area contributed by atoms with Gasteiger partial charge in [0.15, 0.2) is 5.13 Å². The lowest BCUT2D eigenvalue weighted by Crippen LogP contribution is -2.38. The Kier molecular flexibility index (Phi) is 7.10. The molecule has 1 fully saturated rings. The highest BCUT2D eigenvalue weighted by molar-refractivity contribution is 7.22. The summed E-state index contributed by atoms with van der Waals surface area (Å²) in [5.41, 5.74) is 3.82. The van der Waals surface area contributed by atoms with E-state index in [9.17, 15) is 4.79 Å². The van der Waals surface area contributed by atoms with E-state index < -0.39 is 0 Å². The first-order chi connectivity index (χ1) is 17.6. The number of methoxy groups -OCH3 is 1. The molecule has 3 aromatic rings. The lowest BCUT2D eigenvalue weighted by atomic mass is 9.89. The van der Waals surface area contributed by atoms with Crippen LogP contribution in [0, 0.1) is 11.3 Å². The largest absolute Gasteiger partial charge is 0.497 e. The first-order valence-electron chi connectivity index (χ1n) is 12.0. The Hall–Kier alpha value is -3.96. The zero-order valence-corrected chi connectivity index (χ0v) is 20.9. The summed E-state index contributed by atoms with van der Waals surface area (Å²) in [5.74, 6) is 2.14. The average Bonchev–Trinajstić information content (AvgIpc) is 3.17. The number of ether oxygens (including phenoxy) is 1. The SMILES string of the molecule is COC1=CC=C(CC(=O)N2CCC(c3ccnc(Nc4nc5ccc(C#N)cc5s4)c3)CC2)CC=C1. The molecule has 1 amide bonds. The number of nitrogens with zero attached hydrogens (tertiary/aromatic N) is 4. The van der Waals surface area contributed by atoms with Gasteiger partial charge in [-0.05, 0) is 73.2 Å². The Morgan fingerprint density at radius 1 is 1.25 bits per heavy atom. The Morgan fingerprint density at radius 3 is 2.92 bits per heavy atom. The maximum absolute atomic E-state index is 12.9. The number of carbonyl (C=O) groups is 1. The van der Waals surface area contributed by atoms with Gasteiger partial charge in [0.1, 0.15) is 11.6 Å². The van der Waals surface area contributed by atoms with Crippen LogP contribution in [-0.2, 0) is 9.53 Å². The lowest BCUT2D eigenvalue weighted by Gasteiger charge is -2.32. The zero-order chi connectivity index (χ0) is 24.9. The number of thiazole rings is 1. The molecule has 0 saturated carbocycles. The van der Waals surface area contributed by atoms with Gasteiger partial charge in [-0.15, -0.1) is 0 Å². The number of carbonyl (C=O) groups excluding carboxylic acids is 1. The van der Waals surface area contributed by atoms with Gasteiger partial charge in [0, 0.05) is 25.7 Å². The highest BCUT2D eigenvalue weighted by atomic mass is 32.1. The molecule has 8 heteroatoms. The molecule has 5 rings (SSSR count). The van der Waals surface area contributed by atoms with Gasteiger partial charge in [0.25, 0.3) is 0 Å². The van der Waals surface area contributed by atoms with Crippen LogP contribution in [0.4, 0.5) is 10.9 Å². The third kappa shape index (κ3) is 5.47. The van der Waals surface area contributed by atoms with E-state index in [0.717, 1.165) is 64.9 Å². The number of rotatable bonds is 6. The molecule has 0 spiro atoms. The van der Waals surface area contributed by atoms with Crippen LogP contribution in [0.25, 0.3) is 10.2 Å². The van der Waals surface area contributed by atoms with Crippen molar-refractivity contribution < 1.29 is 9.53 Å². The summed E-state index contributed by atoms with van der Waals surface area (Å²) in [5, 5.41) is 13.2. The molecule has 1 aromatic carbocycles. The van der Waals surface area contributed by atoms with Gasteiger partial charge >= 0.3 is 0 Å². The molecule has 0 bridgehead atoms. The number of pyridine rings is 1. The van der Waals surface area contributed by atoms with Crippen molar-refractivity contribution in [3.63, 3.8) is 0 Å². The minimum absolute atomic E-state index is 0.190. The summed E-state index contributed by atoms with van der Waals surface area (Å²) in [6, 6.07) is 11.8. The second-order valence-electron chi connectivity index (χ2n) is 8.95. The molecule has 2 aliphatic rings. The highest BCUT2D eigenvalue weighted by Crippen LogP contribution is 2.32. The molecule has 0 radical (unpaired) electrons. The van der Waals surface area contributed by atoms with Crippen LogP contribution in [0.2, 0.25) is 0 Å². The summed E-state index contributed by atoms with van der Waals surface area (Å²) in [7, 11) is 1.65. The van der Waals surface area contributed by atoms with Crippen molar-refractivity contribution in [1.29, 1.82) is 5.26 Å². The van der Waals surface area contributed by atoms with Gasteiger partial charge in [0.05, 0.1) is 29.0 Å². The highest BCUT2D eigenvalue weighted by Gasteiger charge is 2.24. The van der Waals surface area contributed by atoms with Gasteiger partial charge in [-0.25, -0.2) is 9.97 Å². The smallest absolute Gasteiger partial charge is 0.226 e. The van der Waals surface area contributed by atoms with Crippen molar-refractivity contribution in [3.05, 3.63) is 83.3 Å².